The van der Waals surface area contributed by atoms with E-state index in [4.69, 9.17) is 4.74 Å². The second-order valence-corrected chi connectivity index (χ2v) is 11.5. The fraction of sp³-hybridized carbons (Fsp3) is 0.367. The Morgan fingerprint density at radius 3 is 2.70 bits per heavy atom. The first-order valence-electron chi connectivity index (χ1n) is 13.3. The van der Waals surface area contributed by atoms with Crippen LogP contribution in [0.25, 0.3) is 21.5 Å². The van der Waals surface area contributed by atoms with E-state index in [9.17, 15) is 9.59 Å². The van der Waals surface area contributed by atoms with Crippen molar-refractivity contribution in [2.24, 2.45) is 5.92 Å². The zero-order valence-electron chi connectivity index (χ0n) is 20.7. The van der Waals surface area contributed by atoms with Crippen LogP contribution in [0.15, 0.2) is 54.9 Å². The zero-order valence-corrected chi connectivity index (χ0v) is 21.5. The number of nitrogens with zero attached hydrogens (tertiary/aromatic N) is 3. The maximum atomic E-state index is 14.0. The van der Waals surface area contributed by atoms with Gasteiger partial charge < -0.3 is 14.2 Å². The predicted octanol–water partition coefficient (Wildman–Crippen LogP) is 6.30. The Bertz CT molecular complexity index is 1510. The van der Waals surface area contributed by atoms with Crippen molar-refractivity contribution in [1.29, 1.82) is 0 Å². The average molecular weight is 512 g/mol. The predicted molar refractivity (Wildman–Crippen MR) is 146 cm³/mol. The normalized spacial score (nSPS) is 17.9. The molecule has 6 nitrogen and oxygen atoms in total. The van der Waals surface area contributed by atoms with E-state index in [0.29, 0.717) is 30.5 Å². The Hall–Kier alpha value is -3.29. The number of carbonyl (C=O) groups excluding carboxylic acids is 2. The molecule has 1 saturated carbocycles. The molecule has 1 aliphatic carbocycles. The Morgan fingerprint density at radius 1 is 1.03 bits per heavy atom. The molecule has 7 rings (SSSR count). The molecule has 0 N–H and O–H groups in total. The van der Waals surface area contributed by atoms with Crippen LogP contribution in [0.3, 0.4) is 0 Å². The number of para-hydroxylation sites is 1. The summed E-state index contributed by atoms with van der Waals surface area (Å²) in [6, 6.07) is 16.4. The number of fused-ring (bicyclic) bond motifs is 4. The van der Waals surface area contributed by atoms with Gasteiger partial charge in [-0.15, -0.1) is 11.3 Å². The molecule has 0 unspecified atom stereocenters. The number of benzene rings is 2. The highest BCUT2D eigenvalue weighted by Crippen LogP contribution is 2.43. The highest BCUT2D eigenvalue weighted by atomic mass is 32.1. The van der Waals surface area contributed by atoms with Crippen molar-refractivity contribution in [1.82, 2.24) is 9.55 Å². The molecular weight excluding hydrogens is 482 g/mol. The fourth-order valence-corrected chi connectivity index (χ4v) is 6.89. The second-order valence-electron chi connectivity index (χ2n) is 10.5. The summed E-state index contributed by atoms with van der Waals surface area (Å²) in [5, 5.41) is 0. The Morgan fingerprint density at radius 2 is 1.86 bits per heavy atom. The largest absolute Gasteiger partial charge is 0.381 e. The third-order valence-electron chi connectivity index (χ3n) is 7.95. The van der Waals surface area contributed by atoms with Gasteiger partial charge in [-0.25, -0.2) is 4.98 Å². The molecule has 1 amide bonds. The maximum absolute atomic E-state index is 14.0. The van der Waals surface area contributed by atoms with Gasteiger partial charge in [-0.3, -0.25) is 9.59 Å². The summed E-state index contributed by atoms with van der Waals surface area (Å²) in [4.78, 5) is 35.3. The van der Waals surface area contributed by atoms with Crippen LogP contribution in [0.5, 0.6) is 0 Å². The molecule has 188 valence electrons. The molecule has 0 radical (unpaired) electrons. The second kappa shape index (κ2) is 9.23. The first-order valence-corrected chi connectivity index (χ1v) is 14.1. The number of thiophene rings is 1. The van der Waals surface area contributed by atoms with Gasteiger partial charge in [-0.2, -0.15) is 0 Å². The average Bonchev–Trinajstić information content (AvgIpc) is 3.52. The molecule has 4 aromatic rings. The minimum absolute atomic E-state index is 0.00531. The van der Waals surface area contributed by atoms with Crippen LogP contribution in [0.1, 0.15) is 63.7 Å². The van der Waals surface area contributed by atoms with Crippen LogP contribution in [0.2, 0.25) is 0 Å². The number of carbonyl (C=O) groups is 2. The number of Topliss-reactive ketones (excluding diaryl/α,β-unsaturated/α-hetero) is 1. The minimum atomic E-state index is -0.00531. The zero-order chi connectivity index (χ0) is 24.9. The summed E-state index contributed by atoms with van der Waals surface area (Å²) >= 11 is 1.59. The monoisotopic (exact) mass is 511 g/mol. The number of amides is 1. The van der Waals surface area contributed by atoms with E-state index in [1.165, 1.54) is 18.4 Å². The van der Waals surface area contributed by atoms with E-state index in [0.717, 1.165) is 64.5 Å². The summed E-state index contributed by atoms with van der Waals surface area (Å²) in [5.41, 5.74) is 5.68. The summed E-state index contributed by atoms with van der Waals surface area (Å²) < 4.78 is 7.75. The number of hydrogen-bond donors (Lipinski definition) is 0. The van der Waals surface area contributed by atoms with Crippen molar-refractivity contribution in [3.8, 4) is 10.4 Å². The van der Waals surface area contributed by atoms with Gasteiger partial charge in [0.15, 0.2) is 5.78 Å². The van der Waals surface area contributed by atoms with Gasteiger partial charge >= 0.3 is 0 Å². The molecule has 2 fully saturated rings. The highest BCUT2D eigenvalue weighted by Gasteiger charge is 2.30. The molecule has 1 saturated heterocycles. The first kappa shape index (κ1) is 22.9. The van der Waals surface area contributed by atoms with Gasteiger partial charge in [0.25, 0.3) is 5.91 Å². The molecule has 0 spiro atoms. The third-order valence-corrected chi connectivity index (χ3v) is 9.20. The van der Waals surface area contributed by atoms with Crippen LogP contribution in [0.4, 0.5) is 5.69 Å². The van der Waals surface area contributed by atoms with Crippen LogP contribution in [-0.2, 0) is 11.2 Å². The first-order chi connectivity index (χ1) is 18.2. The molecule has 0 atom stereocenters. The van der Waals surface area contributed by atoms with Gasteiger partial charge in [0, 0.05) is 48.2 Å². The van der Waals surface area contributed by atoms with Crippen molar-refractivity contribution < 1.29 is 14.3 Å². The summed E-state index contributed by atoms with van der Waals surface area (Å²) in [6.07, 6.45) is 7.56. The number of rotatable bonds is 5. The lowest BCUT2D eigenvalue weighted by Gasteiger charge is -2.25. The van der Waals surface area contributed by atoms with Crippen molar-refractivity contribution in [2.75, 3.05) is 24.7 Å². The highest BCUT2D eigenvalue weighted by molar-refractivity contribution is 7.17. The number of ether oxygens (including phenoxy) is 1. The van der Waals surface area contributed by atoms with Crippen LogP contribution >= 0.6 is 11.3 Å². The minimum Gasteiger partial charge on any atom is -0.381 e. The van der Waals surface area contributed by atoms with Crippen molar-refractivity contribution in [2.45, 2.75) is 44.6 Å². The molecule has 2 aliphatic heterocycles. The van der Waals surface area contributed by atoms with E-state index in [1.807, 2.05) is 47.6 Å². The van der Waals surface area contributed by atoms with Crippen molar-refractivity contribution in [3.05, 3.63) is 70.9 Å². The Labute approximate surface area is 219 Å². The Balaban J connectivity index is 1.22. The van der Waals surface area contributed by atoms with E-state index in [-0.39, 0.29) is 11.7 Å². The molecule has 37 heavy (non-hydrogen) atoms. The number of imidazole rings is 1. The molecule has 2 aromatic carbocycles. The van der Waals surface area contributed by atoms with Crippen LogP contribution in [-0.4, -0.2) is 41.0 Å². The van der Waals surface area contributed by atoms with Gasteiger partial charge in [-0.1, -0.05) is 18.2 Å². The fourth-order valence-electron chi connectivity index (χ4n) is 5.70. The summed E-state index contributed by atoms with van der Waals surface area (Å²) in [5.74, 6) is 0.838. The summed E-state index contributed by atoms with van der Waals surface area (Å²) in [6.45, 7) is 2.09. The smallest absolute Gasteiger partial charge is 0.258 e. The molecule has 3 aliphatic rings. The molecule has 7 heteroatoms. The molecule has 4 heterocycles. The molecular formula is C30H29N3O3S. The number of ketones is 1. The van der Waals surface area contributed by atoms with E-state index >= 15 is 0 Å². The SMILES string of the molecule is O=C(CC1CC1)c1cc2c(s1)-c1ccccc1N(C(=O)c1ccc3ncn(C4CCOCC4)c3c1)CC2. The van der Waals surface area contributed by atoms with Gasteiger partial charge in [-0.05, 0) is 73.9 Å². The van der Waals surface area contributed by atoms with E-state index in [2.05, 4.69) is 21.7 Å². The quantitative estimate of drug-likeness (QED) is 0.295. The lowest BCUT2D eigenvalue weighted by atomic mass is 10.1. The van der Waals surface area contributed by atoms with Gasteiger partial charge in [0.2, 0.25) is 0 Å². The Kier molecular flexibility index (Phi) is 5.70. The molecule has 0 bridgehead atoms. The van der Waals surface area contributed by atoms with Crippen molar-refractivity contribution >= 4 is 39.7 Å². The van der Waals surface area contributed by atoms with Gasteiger partial charge in [0.05, 0.1) is 27.9 Å². The lowest BCUT2D eigenvalue weighted by molar-refractivity contribution is 0.0705. The number of anilines is 1. The molecule has 2 aromatic heterocycles. The van der Waals surface area contributed by atoms with E-state index in [1.54, 1.807) is 11.3 Å². The standard InChI is InChI=1S/C30H29N3O3S/c34-27(15-19-5-6-19)28-17-20-9-12-32(25-4-2-1-3-23(25)29(20)37-28)30(35)21-7-8-24-26(16-21)33(18-31-24)22-10-13-36-14-11-22/h1-4,7-8,16-19,22H,5-6,9-15H2. The lowest BCUT2D eigenvalue weighted by Crippen LogP contribution is -2.32. The topological polar surface area (TPSA) is 64.4 Å². The van der Waals surface area contributed by atoms with Crippen LogP contribution < -0.4 is 4.90 Å². The number of hydrogen-bond acceptors (Lipinski definition) is 5. The van der Waals surface area contributed by atoms with E-state index < -0.39 is 0 Å². The van der Waals surface area contributed by atoms with Gasteiger partial charge in [0.1, 0.15) is 0 Å². The number of aromatic nitrogens is 2. The maximum Gasteiger partial charge on any atom is 0.258 e. The van der Waals surface area contributed by atoms with Crippen LogP contribution in [0, 0.1) is 5.92 Å². The van der Waals surface area contributed by atoms with Crippen molar-refractivity contribution in [3.63, 3.8) is 0 Å². The third kappa shape index (κ3) is 4.20. The summed E-state index contributed by atoms with van der Waals surface area (Å²) in [7, 11) is 0.